The molecule has 176 valence electrons. The molecular weight excluding hydrogens is 471 g/mol. The highest BCUT2D eigenvalue weighted by Crippen LogP contribution is 2.34. The van der Waals surface area contributed by atoms with E-state index in [0.717, 1.165) is 45.3 Å². The van der Waals surface area contributed by atoms with Crippen molar-refractivity contribution >= 4 is 40.2 Å². The van der Waals surface area contributed by atoms with E-state index in [1.807, 2.05) is 24.3 Å². The minimum absolute atomic E-state index is 0.0988. The van der Waals surface area contributed by atoms with Crippen molar-refractivity contribution in [2.45, 2.75) is 11.4 Å². The molecule has 0 saturated heterocycles. The van der Waals surface area contributed by atoms with Gasteiger partial charge in [-0.05, 0) is 18.2 Å². The standard InChI is InChI=1S/C22H18F3N5O3S/c1-30(11-18(31)27-17-9-5-3-7-15(17)22(23,24)25)19(32)12-34-21-29-28-20(33-21)14-10-26-16-8-4-2-6-13(14)16/h2-10,26H,11-12H2,1H3,(H,27,31). The van der Waals surface area contributed by atoms with Crippen molar-refractivity contribution in [1.82, 2.24) is 20.1 Å². The molecule has 0 aliphatic carbocycles. The molecular formula is C22H18F3N5O3S. The van der Waals surface area contributed by atoms with Crippen molar-refractivity contribution in [2.75, 3.05) is 24.7 Å². The Morgan fingerprint density at radius 2 is 1.85 bits per heavy atom. The van der Waals surface area contributed by atoms with Crippen LogP contribution in [0.3, 0.4) is 0 Å². The van der Waals surface area contributed by atoms with Gasteiger partial charge in [0.15, 0.2) is 0 Å². The van der Waals surface area contributed by atoms with Gasteiger partial charge in [0.1, 0.15) is 0 Å². The van der Waals surface area contributed by atoms with Gasteiger partial charge in [0.05, 0.1) is 29.1 Å². The van der Waals surface area contributed by atoms with Crippen molar-refractivity contribution in [3.8, 4) is 11.5 Å². The average molecular weight is 489 g/mol. The van der Waals surface area contributed by atoms with Gasteiger partial charge in [-0.25, -0.2) is 0 Å². The van der Waals surface area contributed by atoms with Gasteiger partial charge in [0.2, 0.25) is 11.8 Å². The van der Waals surface area contributed by atoms with E-state index >= 15 is 0 Å². The van der Waals surface area contributed by atoms with Crippen LogP contribution in [0.2, 0.25) is 0 Å². The summed E-state index contributed by atoms with van der Waals surface area (Å²) in [4.78, 5) is 28.8. The number of hydrogen-bond acceptors (Lipinski definition) is 6. The largest absolute Gasteiger partial charge is 0.418 e. The Balaban J connectivity index is 1.32. The number of hydrogen-bond donors (Lipinski definition) is 2. The summed E-state index contributed by atoms with van der Waals surface area (Å²) < 4.78 is 44.9. The second-order valence-corrected chi connectivity index (χ2v) is 8.18. The van der Waals surface area contributed by atoms with Gasteiger partial charge < -0.3 is 19.6 Å². The van der Waals surface area contributed by atoms with Crippen molar-refractivity contribution in [3.05, 3.63) is 60.3 Å². The number of thioether (sulfide) groups is 1. The lowest BCUT2D eigenvalue weighted by Crippen LogP contribution is -2.36. The summed E-state index contributed by atoms with van der Waals surface area (Å²) in [5.74, 6) is -0.991. The number of halogens is 3. The van der Waals surface area contributed by atoms with Crippen LogP contribution in [0.25, 0.3) is 22.4 Å². The molecule has 0 aliphatic rings. The number of para-hydroxylation sites is 2. The van der Waals surface area contributed by atoms with E-state index in [1.165, 1.54) is 19.2 Å². The van der Waals surface area contributed by atoms with Crippen LogP contribution in [0.15, 0.2) is 64.4 Å². The first-order chi connectivity index (χ1) is 16.2. The molecule has 2 N–H and O–H groups in total. The molecule has 12 heteroatoms. The second kappa shape index (κ2) is 9.59. The number of nitrogens with zero attached hydrogens (tertiary/aromatic N) is 3. The number of benzene rings is 2. The number of rotatable bonds is 7. The van der Waals surface area contributed by atoms with Crippen LogP contribution < -0.4 is 5.32 Å². The minimum Gasteiger partial charge on any atom is -0.411 e. The van der Waals surface area contributed by atoms with Crippen molar-refractivity contribution < 1.29 is 27.2 Å². The number of aromatic amines is 1. The molecule has 4 rings (SSSR count). The monoisotopic (exact) mass is 489 g/mol. The van der Waals surface area contributed by atoms with Crippen molar-refractivity contribution in [3.63, 3.8) is 0 Å². The zero-order chi connectivity index (χ0) is 24.3. The van der Waals surface area contributed by atoms with E-state index in [0.29, 0.717) is 5.89 Å². The maximum absolute atomic E-state index is 13.1. The molecule has 0 atom stereocenters. The van der Waals surface area contributed by atoms with Crippen LogP contribution in [-0.2, 0) is 15.8 Å². The lowest BCUT2D eigenvalue weighted by atomic mass is 10.1. The SMILES string of the molecule is CN(CC(=O)Nc1ccccc1C(F)(F)F)C(=O)CSc1nnc(-c2c[nH]c3ccccc23)o1. The lowest BCUT2D eigenvalue weighted by molar-refractivity contribution is -0.137. The molecule has 2 heterocycles. The van der Waals surface area contributed by atoms with E-state index in [-0.39, 0.29) is 16.7 Å². The highest BCUT2D eigenvalue weighted by Gasteiger charge is 2.33. The predicted octanol–water partition coefficient (Wildman–Crippen LogP) is 4.43. The molecule has 0 fully saturated rings. The number of carbonyl (C=O) groups excluding carboxylic acids is 2. The Labute approximate surface area is 195 Å². The number of carbonyl (C=O) groups is 2. The maximum Gasteiger partial charge on any atom is 0.418 e. The Hall–Kier alpha value is -3.80. The number of alkyl halides is 3. The van der Waals surface area contributed by atoms with E-state index in [9.17, 15) is 22.8 Å². The Kier molecular flexibility index (Phi) is 6.59. The summed E-state index contributed by atoms with van der Waals surface area (Å²) in [6.45, 7) is -0.421. The van der Waals surface area contributed by atoms with Gasteiger partial charge in [0.25, 0.3) is 11.1 Å². The highest BCUT2D eigenvalue weighted by molar-refractivity contribution is 7.99. The van der Waals surface area contributed by atoms with Crippen molar-refractivity contribution in [1.29, 1.82) is 0 Å². The Bertz CT molecular complexity index is 1330. The van der Waals surface area contributed by atoms with Gasteiger partial charge >= 0.3 is 6.18 Å². The molecule has 0 bridgehead atoms. The molecule has 0 aliphatic heterocycles. The summed E-state index contributed by atoms with van der Waals surface area (Å²) >= 11 is 0.995. The fraction of sp³-hybridized carbons (Fsp3) is 0.182. The smallest absolute Gasteiger partial charge is 0.411 e. The Morgan fingerprint density at radius 1 is 1.12 bits per heavy atom. The number of H-pyrrole nitrogens is 1. The molecule has 2 amide bonds. The number of fused-ring (bicyclic) bond motifs is 1. The molecule has 2 aromatic heterocycles. The number of likely N-dealkylation sites (N-methyl/N-ethyl adjacent to an activating group) is 1. The van der Waals surface area contributed by atoms with E-state index < -0.39 is 30.1 Å². The third-order valence-corrected chi connectivity index (χ3v) is 5.66. The highest BCUT2D eigenvalue weighted by atomic mass is 32.2. The van der Waals surface area contributed by atoms with Crippen LogP contribution in [0, 0.1) is 0 Å². The normalized spacial score (nSPS) is 11.5. The van der Waals surface area contributed by atoms with Crippen LogP contribution in [-0.4, -0.2) is 51.2 Å². The number of aromatic nitrogens is 3. The molecule has 0 unspecified atom stereocenters. The summed E-state index contributed by atoms with van der Waals surface area (Å²) in [5.41, 5.74) is 0.313. The quantitative estimate of drug-likeness (QED) is 0.373. The first kappa shape index (κ1) is 23.4. The summed E-state index contributed by atoms with van der Waals surface area (Å²) in [6, 6.07) is 12.2. The maximum atomic E-state index is 13.1. The number of anilines is 1. The van der Waals surface area contributed by atoms with Crippen LogP contribution in [0.4, 0.5) is 18.9 Å². The number of nitrogens with one attached hydrogen (secondary N) is 2. The van der Waals surface area contributed by atoms with Crippen LogP contribution in [0.1, 0.15) is 5.56 Å². The van der Waals surface area contributed by atoms with Gasteiger partial charge in [-0.15, -0.1) is 10.2 Å². The molecule has 34 heavy (non-hydrogen) atoms. The summed E-state index contributed by atoms with van der Waals surface area (Å²) in [6.07, 6.45) is -2.86. The van der Waals surface area contributed by atoms with Gasteiger partial charge in [-0.2, -0.15) is 13.2 Å². The minimum atomic E-state index is -4.61. The Morgan fingerprint density at radius 3 is 2.65 bits per heavy atom. The van der Waals surface area contributed by atoms with Gasteiger partial charge in [-0.1, -0.05) is 42.1 Å². The fourth-order valence-electron chi connectivity index (χ4n) is 3.19. The molecule has 2 aromatic carbocycles. The van der Waals surface area contributed by atoms with E-state index in [2.05, 4.69) is 20.5 Å². The van der Waals surface area contributed by atoms with Crippen molar-refractivity contribution in [2.24, 2.45) is 0 Å². The topological polar surface area (TPSA) is 104 Å². The molecule has 8 nitrogen and oxygen atoms in total. The first-order valence-electron chi connectivity index (χ1n) is 9.95. The molecule has 4 aromatic rings. The van der Waals surface area contributed by atoms with Crippen LogP contribution >= 0.6 is 11.8 Å². The zero-order valence-corrected chi connectivity index (χ0v) is 18.5. The van der Waals surface area contributed by atoms with E-state index in [1.54, 1.807) is 6.20 Å². The van der Waals surface area contributed by atoms with Crippen LogP contribution in [0.5, 0.6) is 0 Å². The predicted molar refractivity (Wildman–Crippen MR) is 120 cm³/mol. The average Bonchev–Trinajstić information content (AvgIpc) is 3.43. The zero-order valence-electron chi connectivity index (χ0n) is 17.7. The lowest BCUT2D eigenvalue weighted by Gasteiger charge is -2.18. The first-order valence-corrected chi connectivity index (χ1v) is 10.9. The summed E-state index contributed by atoms with van der Waals surface area (Å²) in [5, 5.41) is 11.2. The third kappa shape index (κ3) is 5.22. The summed E-state index contributed by atoms with van der Waals surface area (Å²) in [7, 11) is 1.38. The fourth-order valence-corrected chi connectivity index (χ4v) is 3.90. The molecule has 0 spiro atoms. The molecule has 0 saturated carbocycles. The molecule has 0 radical (unpaired) electrons. The van der Waals surface area contributed by atoms with Gasteiger partial charge in [0, 0.05) is 24.1 Å². The van der Waals surface area contributed by atoms with E-state index in [4.69, 9.17) is 4.42 Å². The third-order valence-electron chi connectivity index (χ3n) is 4.86. The van der Waals surface area contributed by atoms with Gasteiger partial charge in [-0.3, -0.25) is 9.59 Å². The second-order valence-electron chi connectivity index (χ2n) is 7.25. The number of amides is 2.